The predicted molar refractivity (Wildman–Crippen MR) is 108 cm³/mol. The van der Waals surface area contributed by atoms with Crippen LogP contribution in [0.4, 0.5) is 11.4 Å². The minimum atomic E-state index is 0.106. The molecular formula is C22H14BN3. The van der Waals surface area contributed by atoms with E-state index in [-0.39, 0.29) is 7.12 Å². The van der Waals surface area contributed by atoms with Crippen molar-refractivity contribution in [1.29, 1.82) is 0 Å². The Kier molecular flexibility index (Phi) is 2.09. The standard InChI is InChI=1S/C22H14BN3/c1-3-10-19-15(7-1)16-9-5-12-21-22(16)26(19)23-24-14-6-13-18(24)17-8-2-4-11-20(17)25(21)23/h1-14H. The van der Waals surface area contributed by atoms with Crippen LogP contribution in [0.3, 0.4) is 0 Å². The SMILES string of the molecule is c1ccc2c(c1)-c1cccn1B1N2c2cccc3c4ccccc4n1c23. The first kappa shape index (κ1) is 12.9. The van der Waals surface area contributed by atoms with Crippen LogP contribution >= 0.6 is 0 Å². The largest absolute Gasteiger partial charge is 0.518 e. The summed E-state index contributed by atoms with van der Waals surface area (Å²) in [6.45, 7) is 0. The minimum Gasteiger partial charge on any atom is -0.351 e. The molecule has 0 N–H and O–H groups in total. The Morgan fingerprint density at radius 3 is 2.46 bits per heavy atom. The van der Waals surface area contributed by atoms with E-state index in [4.69, 9.17) is 0 Å². The monoisotopic (exact) mass is 331 g/mol. The lowest BCUT2D eigenvalue weighted by molar-refractivity contribution is 1.08. The third-order valence-electron chi connectivity index (χ3n) is 5.90. The second kappa shape index (κ2) is 4.22. The van der Waals surface area contributed by atoms with Gasteiger partial charge in [-0.1, -0.05) is 48.5 Å². The maximum atomic E-state index is 2.50. The van der Waals surface area contributed by atoms with Crippen molar-refractivity contribution in [1.82, 2.24) is 8.96 Å². The summed E-state index contributed by atoms with van der Waals surface area (Å²) in [5.41, 5.74) is 7.76. The van der Waals surface area contributed by atoms with Crippen molar-refractivity contribution in [2.45, 2.75) is 0 Å². The molecule has 2 aliphatic rings. The highest BCUT2D eigenvalue weighted by Crippen LogP contribution is 2.49. The molecular weight excluding hydrogens is 317 g/mol. The molecule has 2 aliphatic heterocycles. The summed E-state index contributed by atoms with van der Waals surface area (Å²) in [4.78, 5) is 2.48. The molecule has 0 bridgehead atoms. The maximum Gasteiger partial charge on any atom is 0.518 e. The van der Waals surface area contributed by atoms with Gasteiger partial charge in [0.25, 0.3) is 0 Å². The van der Waals surface area contributed by atoms with Crippen molar-refractivity contribution < 1.29 is 0 Å². The summed E-state index contributed by atoms with van der Waals surface area (Å²) in [5, 5.41) is 2.66. The lowest BCUT2D eigenvalue weighted by Crippen LogP contribution is -2.47. The fraction of sp³-hybridized carbons (Fsp3) is 0. The molecule has 3 nitrogen and oxygen atoms in total. The van der Waals surface area contributed by atoms with Crippen LogP contribution in [0, 0.1) is 0 Å². The Bertz CT molecular complexity index is 1360. The summed E-state index contributed by atoms with van der Waals surface area (Å²) in [6, 6.07) is 28.6. The zero-order valence-electron chi connectivity index (χ0n) is 14.0. The Hall–Kier alpha value is -3.40. The Morgan fingerprint density at radius 1 is 0.654 bits per heavy atom. The van der Waals surface area contributed by atoms with Gasteiger partial charge in [0, 0.05) is 33.2 Å². The molecule has 0 amide bonds. The first-order valence-electron chi connectivity index (χ1n) is 9.00. The van der Waals surface area contributed by atoms with E-state index in [2.05, 4.69) is 98.8 Å². The summed E-state index contributed by atoms with van der Waals surface area (Å²) >= 11 is 0. The van der Waals surface area contributed by atoms with E-state index in [1.807, 2.05) is 0 Å². The minimum absolute atomic E-state index is 0.106. The van der Waals surface area contributed by atoms with Gasteiger partial charge in [-0.2, -0.15) is 0 Å². The fourth-order valence-corrected chi connectivity index (χ4v) is 4.93. The van der Waals surface area contributed by atoms with Gasteiger partial charge in [0.2, 0.25) is 0 Å². The summed E-state index contributed by atoms with van der Waals surface area (Å²) < 4.78 is 4.90. The van der Waals surface area contributed by atoms with E-state index in [1.165, 1.54) is 44.4 Å². The predicted octanol–water partition coefficient (Wildman–Crippen LogP) is 5.11. The Morgan fingerprint density at radius 2 is 1.46 bits per heavy atom. The number of anilines is 2. The number of rotatable bonds is 0. The van der Waals surface area contributed by atoms with Crippen molar-refractivity contribution in [2.24, 2.45) is 0 Å². The van der Waals surface area contributed by atoms with Crippen molar-refractivity contribution in [3.05, 3.63) is 85.1 Å². The van der Waals surface area contributed by atoms with Gasteiger partial charge in [0.1, 0.15) is 0 Å². The van der Waals surface area contributed by atoms with Gasteiger partial charge in [-0.3, -0.25) is 0 Å². The molecule has 4 heteroatoms. The van der Waals surface area contributed by atoms with E-state index < -0.39 is 0 Å². The second-order valence-electron chi connectivity index (χ2n) is 7.09. The number of hydrogen-bond donors (Lipinski definition) is 0. The van der Waals surface area contributed by atoms with Crippen molar-refractivity contribution in [3.8, 4) is 11.3 Å². The molecule has 0 unspecified atom stereocenters. The van der Waals surface area contributed by atoms with Crippen LogP contribution in [0.2, 0.25) is 0 Å². The smallest absolute Gasteiger partial charge is 0.351 e. The average molecular weight is 331 g/mol. The lowest BCUT2D eigenvalue weighted by Gasteiger charge is -2.34. The summed E-state index contributed by atoms with van der Waals surface area (Å²) in [6.07, 6.45) is 2.20. The van der Waals surface area contributed by atoms with Crippen LogP contribution in [0.5, 0.6) is 0 Å². The maximum absolute atomic E-state index is 2.50. The molecule has 0 radical (unpaired) electrons. The van der Waals surface area contributed by atoms with E-state index in [1.54, 1.807) is 0 Å². The number of para-hydroxylation sites is 3. The van der Waals surface area contributed by atoms with Crippen molar-refractivity contribution >= 4 is 40.3 Å². The average Bonchev–Trinajstić information content (AvgIpc) is 3.39. The molecule has 26 heavy (non-hydrogen) atoms. The van der Waals surface area contributed by atoms with Crippen molar-refractivity contribution in [2.75, 3.05) is 4.81 Å². The molecule has 2 aromatic heterocycles. The number of fused-ring (bicyclic) bond motifs is 11. The quantitative estimate of drug-likeness (QED) is 0.359. The highest BCUT2D eigenvalue weighted by atomic mass is 15.3. The number of benzene rings is 3. The molecule has 0 aliphatic carbocycles. The molecule has 0 atom stereocenters. The van der Waals surface area contributed by atoms with Gasteiger partial charge in [0.15, 0.2) is 0 Å². The molecule has 0 saturated carbocycles. The molecule has 5 aromatic rings. The van der Waals surface area contributed by atoms with Gasteiger partial charge in [-0.25, -0.2) is 0 Å². The third kappa shape index (κ3) is 1.28. The molecule has 7 rings (SSSR count). The van der Waals surface area contributed by atoms with Gasteiger partial charge in [-0.05, 0) is 36.5 Å². The Balaban J connectivity index is 1.71. The third-order valence-corrected chi connectivity index (χ3v) is 5.90. The molecule has 0 saturated heterocycles. The zero-order valence-corrected chi connectivity index (χ0v) is 14.0. The number of hydrogen-bond acceptors (Lipinski definition) is 1. The molecule has 0 spiro atoms. The van der Waals surface area contributed by atoms with Crippen LogP contribution in [-0.2, 0) is 0 Å². The van der Waals surface area contributed by atoms with Gasteiger partial charge in [-0.15, -0.1) is 0 Å². The number of nitrogens with zero attached hydrogens (tertiary/aromatic N) is 3. The molecule has 4 heterocycles. The second-order valence-corrected chi connectivity index (χ2v) is 7.09. The summed E-state index contributed by atoms with van der Waals surface area (Å²) in [7, 11) is 0.106. The zero-order chi connectivity index (χ0) is 16.8. The van der Waals surface area contributed by atoms with E-state index >= 15 is 0 Å². The Labute approximate surface area is 150 Å². The first-order chi connectivity index (χ1) is 12.9. The van der Waals surface area contributed by atoms with E-state index in [0.717, 1.165) is 0 Å². The van der Waals surface area contributed by atoms with Gasteiger partial charge < -0.3 is 13.8 Å². The number of aromatic nitrogens is 2. The van der Waals surface area contributed by atoms with Crippen LogP contribution in [0.25, 0.3) is 33.1 Å². The van der Waals surface area contributed by atoms with Gasteiger partial charge >= 0.3 is 7.12 Å². The molecule has 0 fully saturated rings. The van der Waals surface area contributed by atoms with Gasteiger partial charge in [0.05, 0.1) is 11.2 Å². The molecule has 3 aromatic carbocycles. The van der Waals surface area contributed by atoms with Crippen LogP contribution < -0.4 is 4.81 Å². The highest BCUT2D eigenvalue weighted by Gasteiger charge is 2.45. The topological polar surface area (TPSA) is 13.1 Å². The van der Waals surface area contributed by atoms with Crippen LogP contribution in [0.1, 0.15) is 0 Å². The van der Waals surface area contributed by atoms with Crippen molar-refractivity contribution in [3.63, 3.8) is 0 Å². The first-order valence-corrected chi connectivity index (χ1v) is 9.00. The van der Waals surface area contributed by atoms with E-state index in [0.29, 0.717) is 0 Å². The van der Waals surface area contributed by atoms with Crippen LogP contribution in [0.15, 0.2) is 85.1 Å². The fourth-order valence-electron chi connectivity index (χ4n) is 4.93. The normalized spacial score (nSPS) is 14.0. The highest BCUT2D eigenvalue weighted by molar-refractivity contribution is 6.68. The lowest BCUT2D eigenvalue weighted by atomic mass is 9.83. The van der Waals surface area contributed by atoms with Crippen LogP contribution in [-0.4, -0.2) is 16.1 Å². The molecule has 120 valence electrons. The van der Waals surface area contributed by atoms with E-state index in [9.17, 15) is 0 Å². The summed E-state index contributed by atoms with van der Waals surface area (Å²) in [5.74, 6) is 0.